The molecule has 4 heteroatoms. The number of hydrogen-bond acceptors (Lipinski definition) is 4. The molecule has 0 aromatic carbocycles. The summed E-state index contributed by atoms with van der Waals surface area (Å²) in [5.74, 6) is 2.37. The Morgan fingerprint density at radius 1 is 1.39 bits per heavy atom. The summed E-state index contributed by atoms with van der Waals surface area (Å²) in [7, 11) is 0. The molecule has 0 saturated heterocycles. The largest absolute Gasteiger partial charge is 0.440 e. The highest BCUT2D eigenvalue weighted by Gasteiger charge is 2.07. The molecule has 0 bridgehead atoms. The Balaban J connectivity index is 1.86. The minimum Gasteiger partial charge on any atom is -0.440 e. The van der Waals surface area contributed by atoms with Crippen LogP contribution >= 0.6 is 11.3 Å². The Hall–Kier alpha value is -1.13. The second kappa shape index (κ2) is 6.16. The van der Waals surface area contributed by atoms with E-state index in [4.69, 9.17) is 4.42 Å². The Bertz CT molecular complexity index is 487. The molecule has 3 nitrogen and oxygen atoms in total. The molecular weight excluding hydrogens is 244 g/mol. The van der Waals surface area contributed by atoms with Crippen molar-refractivity contribution >= 4 is 11.3 Å². The van der Waals surface area contributed by atoms with E-state index in [1.165, 1.54) is 4.88 Å². The molecular formula is C14H20N2OS. The van der Waals surface area contributed by atoms with Crippen molar-refractivity contribution in [1.82, 2.24) is 10.3 Å². The molecule has 0 aliphatic heterocycles. The summed E-state index contributed by atoms with van der Waals surface area (Å²) in [6, 6.07) is 4.19. The van der Waals surface area contributed by atoms with Crippen molar-refractivity contribution in [2.24, 2.45) is 5.92 Å². The van der Waals surface area contributed by atoms with Gasteiger partial charge in [0.25, 0.3) is 0 Å². The van der Waals surface area contributed by atoms with Gasteiger partial charge in [-0.2, -0.15) is 0 Å². The lowest BCUT2D eigenvalue weighted by atomic mass is 10.2. The van der Waals surface area contributed by atoms with E-state index in [0.29, 0.717) is 5.92 Å². The van der Waals surface area contributed by atoms with Crippen LogP contribution in [0.25, 0.3) is 10.6 Å². The molecule has 0 unspecified atom stereocenters. The zero-order valence-corrected chi connectivity index (χ0v) is 12.0. The molecule has 0 radical (unpaired) electrons. The monoisotopic (exact) mass is 264 g/mol. The van der Waals surface area contributed by atoms with Gasteiger partial charge in [-0.05, 0) is 31.5 Å². The highest BCUT2D eigenvalue weighted by atomic mass is 32.1. The first-order valence-electron chi connectivity index (χ1n) is 6.37. The molecule has 0 amide bonds. The fourth-order valence-corrected chi connectivity index (χ4v) is 2.51. The van der Waals surface area contributed by atoms with Gasteiger partial charge in [0, 0.05) is 17.8 Å². The molecule has 2 aromatic heterocycles. The van der Waals surface area contributed by atoms with Gasteiger partial charge in [0.2, 0.25) is 0 Å². The number of rotatable bonds is 6. The fraction of sp³-hybridized carbons (Fsp3) is 0.500. The van der Waals surface area contributed by atoms with Gasteiger partial charge in [-0.15, -0.1) is 11.3 Å². The van der Waals surface area contributed by atoms with Crippen LogP contribution in [0.15, 0.2) is 22.7 Å². The summed E-state index contributed by atoms with van der Waals surface area (Å²) in [6.07, 6.45) is 2.67. The van der Waals surface area contributed by atoms with E-state index < -0.39 is 0 Å². The van der Waals surface area contributed by atoms with Crippen molar-refractivity contribution in [3.8, 4) is 10.6 Å². The van der Waals surface area contributed by atoms with Gasteiger partial charge in [0.05, 0.1) is 11.1 Å². The van der Waals surface area contributed by atoms with Crippen LogP contribution in [0, 0.1) is 12.8 Å². The summed E-state index contributed by atoms with van der Waals surface area (Å²) in [5, 5.41) is 3.39. The highest BCUT2D eigenvalue weighted by Crippen LogP contribution is 2.28. The van der Waals surface area contributed by atoms with Gasteiger partial charge in [0.15, 0.2) is 11.7 Å². The topological polar surface area (TPSA) is 38.1 Å². The normalized spacial score (nSPS) is 11.3. The SMILES string of the molecule is Cc1ccc(-c2cnc(CCNCC(C)C)o2)s1. The molecule has 18 heavy (non-hydrogen) atoms. The van der Waals surface area contributed by atoms with Crippen LogP contribution in [-0.2, 0) is 6.42 Å². The van der Waals surface area contributed by atoms with Crippen LogP contribution in [0.3, 0.4) is 0 Å². The predicted octanol–water partition coefficient (Wildman–Crippen LogP) is 3.50. The number of nitrogens with zero attached hydrogens (tertiary/aromatic N) is 1. The number of thiophene rings is 1. The summed E-state index contributed by atoms with van der Waals surface area (Å²) >= 11 is 1.74. The third-order valence-corrected chi connectivity index (χ3v) is 3.62. The van der Waals surface area contributed by atoms with Gasteiger partial charge in [-0.3, -0.25) is 0 Å². The number of hydrogen-bond donors (Lipinski definition) is 1. The van der Waals surface area contributed by atoms with Crippen molar-refractivity contribution < 1.29 is 4.42 Å². The predicted molar refractivity (Wildman–Crippen MR) is 76.0 cm³/mol. The third kappa shape index (κ3) is 3.68. The Morgan fingerprint density at radius 3 is 2.89 bits per heavy atom. The maximum absolute atomic E-state index is 5.75. The average Bonchev–Trinajstić information content (AvgIpc) is 2.93. The van der Waals surface area contributed by atoms with E-state index in [0.717, 1.165) is 36.0 Å². The smallest absolute Gasteiger partial charge is 0.196 e. The van der Waals surface area contributed by atoms with Crippen LogP contribution in [-0.4, -0.2) is 18.1 Å². The van der Waals surface area contributed by atoms with E-state index in [1.807, 2.05) is 6.20 Å². The average molecular weight is 264 g/mol. The van der Waals surface area contributed by atoms with Crippen molar-refractivity contribution in [2.45, 2.75) is 27.2 Å². The number of aromatic nitrogens is 1. The van der Waals surface area contributed by atoms with E-state index >= 15 is 0 Å². The van der Waals surface area contributed by atoms with Crippen LogP contribution in [0.5, 0.6) is 0 Å². The Labute approximate surface area is 112 Å². The van der Waals surface area contributed by atoms with Crippen LogP contribution in [0.4, 0.5) is 0 Å². The van der Waals surface area contributed by atoms with Crippen molar-refractivity contribution in [3.63, 3.8) is 0 Å². The molecule has 2 heterocycles. The molecule has 0 aliphatic rings. The first-order valence-corrected chi connectivity index (χ1v) is 7.19. The molecule has 2 rings (SSSR count). The van der Waals surface area contributed by atoms with E-state index in [2.05, 4.69) is 43.2 Å². The first kappa shape index (κ1) is 13.3. The number of aryl methyl sites for hydroxylation is 1. The van der Waals surface area contributed by atoms with Crippen molar-refractivity contribution in [2.75, 3.05) is 13.1 Å². The summed E-state index contributed by atoms with van der Waals surface area (Å²) < 4.78 is 5.75. The molecule has 0 atom stereocenters. The van der Waals surface area contributed by atoms with E-state index in [1.54, 1.807) is 11.3 Å². The number of oxazole rings is 1. The molecule has 98 valence electrons. The summed E-state index contributed by atoms with van der Waals surface area (Å²) in [6.45, 7) is 8.46. The van der Waals surface area contributed by atoms with Crippen LogP contribution in [0.2, 0.25) is 0 Å². The standard InChI is InChI=1S/C14H20N2OS/c1-10(2)8-15-7-6-14-16-9-12(17-14)13-5-4-11(3)18-13/h4-5,9-10,15H,6-8H2,1-3H3. The van der Waals surface area contributed by atoms with Gasteiger partial charge < -0.3 is 9.73 Å². The van der Waals surface area contributed by atoms with Crippen LogP contribution in [0.1, 0.15) is 24.6 Å². The summed E-state index contributed by atoms with van der Waals surface area (Å²) in [5.41, 5.74) is 0. The molecule has 1 N–H and O–H groups in total. The maximum atomic E-state index is 5.75. The lowest BCUT2D eigenvalue weighted by Gasteiger charge is -2.05. The zero-order valence-electron chi connectivity index (χ0n) is 11.2. The highest BCUT2D eigenvalue weighted by molar-refractivity contribution is 7.15. The molecule has 0 spiro atoms. The van der Waals surface area contributed by atoms with E-state index in [-0.39, 0.29) is 0 Å². The van der Waals surface area contributed by atoms with Gasteiger partial charge >= 0.3 is 0 Å². The first-order chi connectivity index (χ1) is 8.65. The number of nitrogens with one attached hydrogen (secondary N) is 1. The Kier molecular flexibility index (Phi) is 4.55. The van der Waals surface area contributed by atoms with Gasteiger partial charge in [-0.25, -0.2) is 4.98 Å². The van der Waals surface area contributed by atoms with Crippen molar-refractivity contribution in [1.29, 1.82) is 0 Å². The molecule has 0 saturated carbocycles. The van der Waals surface area contributed by atoms with Crippen molar-refractivity contribution in [3.05, 3.63) is 29.1 Å². The van der Waals surface area contributed by atoms with Gasteiger partial charge in [-0.1, -0.05) is 13.8 Å². The fourth-order valence-electron chi connectivity index (χ4n) is 1.69. The minimum atomic E-state index is 0.680. The maximum Gasteiger partial charge on any atom is 0.196 e. The van der Waals surface area contributed by atoms with E-state index in [9.17, 15) is 0 Å². The lowest BCUT2D eigenvalue weighted by Crippen LogP contribution is -2.22. The molecule has 2 aromatic rings. The quantitative estimate of drug-likeness (QED) is 0.811. The van der Waals surface area contributed by atoms with Gasteiger partial charge in [0.1, 0.15) is 0 Å². The Morgan fingerprint density at radius 2 is 2.22 bits per heavy atom. The third-order valence-electron chi connectivity index (χ3n) is 2.61. The molecule has 0 aliphatic carbocycles. The minimum absolute atomic E-state index is 0.680. The second-order valence-electron chi connectivity index (χ2n) is 4.88. The van der Waals surface area contributed by atoms with Crippen LogP contribution < -0.4 is 5.32 Å². The second-order valence-corrected chi connectivity index (χ2v) is 6.16. The zero-order chi connectivity index (χ0) is 13.0. The summed E-state index contributed by atoms with van der Waals surface area (Å²) in [4.78, 5) is 6.77. The lowest BCUT2D eigenvalue weighted by molar-refractivity contribution is 0.483. The molecule has 0 fully saturated rings.